The lowest BCUT2D eigenvalue weighted by molar-refractivity contribution is 0.143. The Morgan fingerprint density at radius 2 is 2.22 bits per heavy atom. The molecule has 3 unspecified atom stereocenters. The van der Waals surface area contributed by atoms with Gasteiger partial charge in [0, 0.05) is 12.1 Å². The van der Waals surface area contributed by atoms with E-state index in [1.54, 1.807) is 0 Å². The van der Waals surface area contributed by atoms with Crippen molar-refractivity contribution in [2.24, 2.45) is 5.92 Å². The first-order chi connectivity index (χ1) is 8.62. The Balaban J connectivity index is 2.02. The van der Waals surface area contributed by atoms with E-state index in [1.807, 2.05) is 0 Å². The molecular weight excluding hydrogens is 222 g/mol. The monoisotopic (exact) mass is 249 g/mol. The molecule has 0 spiro atoms. The van der Waals surface area contributed by atoms with Crippen LogP contribution in [0.25, 0.3) is 0 Å². The Morgan fingerprint density at radius 1 is 1.44 bits per heavy atom. The smallest absolute Gasteiger partial charge is 0.108 e. The predicted molar refractivity (Wildman–Crippen MR) is 74.2 cm³/mol. The molecule has 1 aliphatic carbocycles. The molecule has 2 rings (SSSR count). The van der Waals surface area contributed by atoms with Gasteiger partial charge in [-0.15, -0.1) is 0 Å². The van der Waals surface area contributed by atoms with Gasteiger partial charge in [0.25, 0.3) is 0 Å². The average Bonchev–Trinajstić information content (AvgIpc) is 2.95. The van der Waals surface area contributed by atoms with Gasteiger partial charge in [-0.05, 0) is 51.1 Å². The minimum Gasteiger partial charge on any atom is -0.300 e. The van der Waals surface area contributed by atoms with Crippen molar-refractivity contribution >= 4 is 0 Å². The van der Waals surface area contributed by atoms with Crippen molar-refractivity contribution in [2.75, 3.05) is 13.1 Å². The van der Waals surface area contributed by atoms with E-state index in [1.165, 1.54) is 25.8 Å². The Hall–Kier alpha value is -0.590. The van der Waals surface area contributed by atoms with Gasteiger partial charge in [0.15, 0.2) is 0 Å². The summed E-state index contributed by atoms with van der Waals surface area (Å²) >= 11 is 0. The first-order valence-electron chi connectivity index (χ1n) is 7.54. The molecule has 3 atom stereocenters. The van der Waals surface area contributed by atoms with Crippen LogP contribution in [0.15, 0.2) is 0 Å². The molecule has 1 heterocycles. The van der Waals surface area contributed by atoms with E-state index in [0.29, 0.717) is 6.04 Å². The molecule has 3 heteroatoms. The minimum absolute atomic E-state index is 0.246. The van der Waals surface area contributed by atoms with Crippen LogP contribution < -0.4 is 5.32 Å². The fourth-order valence-electron chi connectivity index (χ4n) is 3.93. The van der Waals surface area contributed by atoms with Crippen molar-refractivity contribution in [1.82, 2.24) is 10.2 Å². The van der Waals surface area contributed by atoms with Crippen molar-refractivity contribution in [3.63, 3.8) is 0 Å². The highest BCUT2D eigenvalue weighted by molar-refractivity contribution is 5.14. The number of rotatable bonds is 4. The second kappa shape index (κ2) is 5.59. The predicted octanol–water partition coefficient (Wildman–Crippen LogP) is 2.53. The fraction of sp³-hybridized carbons (Fsp3) is 0.933. The molecule has 18 heavy (non-hydrogen) atoms. The number of likely N-dealkylation sites (tertiary alicyclic amines) is 1. The van der Waals surface area contributed by atoms with Gasteiger partial charge in [0.2, 0.25) is 0 Å². The molecule has 0 bridgehead atoms. The van der Waals surface area contributed by atoms with Gasteiger partial charge in [-0.2, -0.15) is 5.26 Å². The van der Waals surface area contributed by atoms with Gasteiger partial charge in [0.1, 0.15) is 5.54 Å². The van der Waals surface area contributed by atoms with Gasteiger partial charge < -0.3 is 0 Å². The highest BCUT2D eigenvalue weighted by Crippen LogP contribution is 2.37. The summed E-state index contributed by atoms with van der Waals surface area (Å²) < 4.78 is 0. The highest BCUT2D eigenvalue weighted by atomic mass is 15.2. The first-order valence-corrected chi connectivity index (χ1v) is 7.54. The maximum absolute atomic E-state index is 9.45. The minimum atomic E-state index is -0.246. The summed E-state index contributed by atoms with van der Waals surface area (Å²) in [5.41, 5.74) is -0.246. The third-order valence-corrected chi connectivity index (χ3v) is 4.80. The third kappa shape index (κ3) is 2.55. The fourth-order valence-corrected chi connectivity index (χ4v) is 3.93. The van der Waals surface area contributed by atoms with Gasteiger partial charge >= 0.3 is 0 Å². The summed E-state index contributed by atoms with van der Waals surface area (Å²) in [6.07, 6.45) is 5.89. The van der Waals surface area contributed by atoms with Gasteiger partial charge in [-0.1, -0.05) is 20.8 Å². The molecule has 1 saturated carbocycles. The molecule has 0 amide bonds. The lowest BCUT2D eigenvalue weighted by Crippen LogP contribution is -2.45. The topological polar surface area (TPSA) is 39.1 Å². The van der Waals surface area contributed by atoms with Gasteiger partial charge in [-0.3, -0.25) is 10.2 Å². The standard InChI is InChI=1S/C15H27N3/c1-4-17-15(11-16)8-7-13(10-15)18-9-5-6-14(18)12(2)3/h12-14,17H,4-10H2,1-3H3. The third-order valence-electron chi connectivity index (χ3n) is 4.80. The van der Waals surface area contributed by atoms with Crippen molar-refractivity contribution in [3.8, 4) is 6.07 Å². The molecule has 1 saturated heterocycles. The summed E-state index contributed by atoms with van der Waals surface area (Å²) in [5.74, 6) is 0.740. The molecular formula is C15H27N3. The summed E-state index contributed by atoms with van der Waals surface area (Å²) in [7, 11) is 0. The quantitative estimate of drug-likeness (QED) is 0.832. The first kappa shape index (κ1) is 13.8. The van der Waals surface area contributed by atoms with Crippen LogP contribution in [0.4, 0.5) is 0 Å². The lowest BCUT2D eigenvalue weighted by atomic mass is 9.97. The van der Waals surface area contributed by atoms with Crippen LogP contribution in [0.2, 0.25) is 0 Å². The van der Waals surface area contributed by atoms with E-state index in [4.69, 9.17) is 0 Å². The molecule has 2 fully saturated rings. The Morgan fingerprint density at radius 3 is 2.83 bits per heavy atom. The Bertz CT molecular complexity index is 320. The van der Waals surface area contributed by atoms with Crippen LogP contribution in [-0.2, 0) is 0 Å². The number of nitriles is 1. The Kier molecular flexibility index (Phi) is 4.29. The molecule has 1 aliphatic heterocycles. The Labute approximate surface area is 112 Å². The van der Waals surface area contributed by atoms with E-state index in [-0.39, 0.29) is 5.54 Å². The van der Waals surface area contributed by atoms with Crippen LogP contribution in [0.1, 0.15) is 52.9 Å². The van der Waals surface area contributed by atoms with E-state index in [9.17, 15) is 5.26 Å². The molecule has 0 radical (unpaired) electrons. The zero-order valence-electron chi connectivity index (χ0n) is 12.1. The van der Waals surface area contributed by atoms with Gasteiger partial charge in [-0.25, -0.2) is 0 Å². The SMILES string of the molecule is CCNC1(C#N)CCC(N2CCCC2C(C)C)C1. The van der Waals surface area contributed by atoms with Crippen LogP contribution in [0, 0.1) is 17.2 Å². The summed E-state index contributed by atoms with van der Waals surface area (Å²) in [6, 6.07) is 3.90. The van der Waals surface area contributed by atoms with E-state index < -0.39 is 0 Å². The average molecular weight is 249 g/mol. The van der Waals surface area contributed by atoms with E-state index in [2.05, 4.69) is 37.1 Å². The van der Waals surface area contributed by atoms with Crippen LogP contribution in [-0.4, -0.2) is 35.6 Å². The molecule has 1 N–H and O–H groups in total. The van der Waals surface area contributed by atoms with Crippen molar-refractivity contribution in [3.05, 3.63) is 0 Å². The summed E-state index contributed by atoms with van der Waals surface area (Å²) in [4.78, 5) is 2.70. The maximum Gasteiger partial charge on any atom is 0.108 e. The largest absolute Gasteiger partial charge is 0.300 e. The molecule has 3 nitrogen and oxygen atoms in total. The van der Waals surface area contributed by atoms with E-state index in [0.717, 1.165) is 31.3 Å². The zero-order chi connectivity index (χ0) is 13.2. The molecule has 2 aliphatic rings. The summed E-state index contributed by atoms with van der Waals surface area (Å²) in [5, 5.41) is 12.9. The van der Waals surface area contributed by atoms with E-state index >= 15 is 0 Å². The molecule has 102 valence electrons. The molecule has 0 aromatic carbocycles. The number of nitrogens with one attached hydrogen (secondary N) is 1. The molecule has 0 aromatic rings. The van der Waals surface area contributed by atoms with Crippen molar-refractivity contribution < 1.29 is 0 Å². The van der Waals surface area contributed by atoms with Crippen LogP contribution >= 0.6 is 0 Å². The van der Waals surface area contributed by atoms with Gasteiger partial charge in [0.05, 0.1) is 6.07 Å². The second-order valence-electron chi connectivity index (χ2n) is 6.31. The number of hydrogen-bond acceptors (Lipinski definition) is 3. The lowest BCUT2D eigenvalue weighted by Gasteiger charge is -2.33. The number of nitrogens with zero attached hydrogens (tertiary/aromatic N) is 2. The van der Waals surface area contributed by atoms with Crippen LogP contribution in [0.5, 0.6) is 0 Å². The second-order valence-corrected chi connectivity index (χ2v) is 6.31. The normalized spacial score (nSPS) is 37.3. The van der Waals surface area contributed by atoms with Crippen molar-refractivity contribution in [2.45, 2.75) is 70.5 Å². The highest BCUT2D eigenvalue weighted by Gasteiger charge is 2.43. The molecule has 0 aromatic heterocycles. The zero-order valence-corrected chi connectivity index (χ0v) is 12.1. The maximum atomic E-state index is 9.45. The van der Waals surface area contributed by atoms with Crippen molar-refractivity contribution in [1.29, 1.82) is 5.26 Å². The van der Waals surface area contributed by atoms with Crippen LogP contribution in [0.3, 0.4) is 0 Å². The number of hydrogen-bond donors (Lipinski definition) is 1. The summed E-state index contributed by atoms with van der Waals surface area (Å²) in [6.45, 7) is 8.90.